The molecular formula is C12H17NO4. The molecule has 17 heavy (non-hydrogen) atoms. The summed E-state index contributed by atoms with van der Waals surface area (Å²) in [6, 6.07) is 0. The first-order valence-electron chi connectivity index (χ1n) is 5.94. The molecule has 0 aromatic carbocycles. The third-order valence-corrected chi connectivity index (χ3v) is 3.39. The number of morpholine rings is 1. The van der Waals surface area contributed by atoms with Crippen LogP contribution in [0, 0.1) is 11.8 Å². The van der Waals surface area contributed by atoms with Crippen molar-refractivity contribution in [2.75, 3.05) is 26.3 Å². The summed E-state index contributed by atoms with van der Waals surface area (Å²) in [6.07, 6.45) is 4.74. The van der Waals surface area contributed by atoms with Crippen molar-refractivity contribution in [3.05, 3.63) is 12.2 Å². The number of amides is 1. The van der Waals surface area contributed by atoms with E-state index in [0.29, 0.717) is 39.1 Å². The van der Waals surface area contributed by atoms with Crippen molar-refractivity contribution in [1.29, 1.82) is 0 Å². The fraction of sp³-hybridized carbons (Fsp3) is 0.667. The Balaban J connectivity index is 2.05. The van der Waals surface area contributed by atoms with Gasteiger partial charge >= 0.3 is 5.97 Å². The summed E-state index contributed by atoms with van der Waals surface area (Å²) in [5, 5.41) is 9.13. The Morgan fingerprint density at radius 2 is 1.71 bits per heavy atom. The molecule has 0 bridgehead atoms. The Hall–Kier alpha value is -1.36. The SMILES string of the molecule is O=C(O)[C@H]1CC=CC[C@H]1C(=O)N1CCOCC1. The maximum absolute atomic E-state index is 12.2. The molecule has 5 heteroatoms. The van der Waals surface area contributed by atoms with Crippen molar-refractivity contribution in [1.82, 2.24) is 4.90 Å². The molecule has 1 heterocycles. The Morgan fingerprint density at radius 1 is 1.12 bits per heavy atom. The van der Waals surface area contributed by atoms with E-state index in [0.717, 1.165) is 0 Å². The van der Waals surface area contributed by atoms with E-state index in [2.05, 4.69) is 0 Å². The Labute approximate surface area is 100 Å². The molecule has 1 N–H and O–H groups in total. The second kappa shape index (κ2) is 5.31. The fourth-order valence-corrected chi connectivity index (χ4v) is 2.38. The smallest absolute Gasteiger partial charge is 0.307 e. The van der Waals surface area contributed by atoms with Gasteiger partial charge in [0.2, 0.25) is 5.91 Å². The van der Waals surface area contributed by atoms with E-state index in [1.165, 1.54) is 0 Å². The van der Waals surface area contributed by atoms with Gasteiger partial charge in [0.1, 0.15) is 0 Å². The van der Waals surface area contributed by atoms with Crippen LogP contribution in [0.2, 0.25) is 0 Å². The number of carboxylic acid groups (broad SMARTS) is 1. The van der Waals surface area contributed by atoms with E-state index >= 15 is 0 Å². The summed E-state index contributed by atoms with van der Waals surface area (Å²) >= 11 is 0. The molecule has 1 saturated heterocycles. The molecule has 0 spiro atoms. The highest BCUT2D eigenvalue weighted by Gasteiger charge is 2.36. The van der Waals surface area contributed by atoms with Crippen LogP contribution in [-0.4, -0.2) is 48.2 Å². The van der Waals surface area contributed by atoms with E-state index in [1.807, 2.05) is 12.2 Å². The highest BCUT2D eigenvalue weighted by atomic mass is 16.5. The third kappa shape index (κ3) is 2.66. The van der Waals surface area contributed by atoms with E-state index in [-0.39, 0.29) is 5.91 Å². The average Bonchev–Trinajstić information content (AvgIpc) is 2.39. The van der Waals surface area contributed by atoms with Gasteiger partial charge in [-0.25, -0.2) is 0 Å². The topological polar surface area (TPSA) is 66.8 Å². The lowest BCUT2D eigenvalue weighted by atomic mass is 9.82. The molecule has 1 aliphatic carbocycles. The predicted molar refractivity (Wildman–Crippen MR) is 60.4 cm³/mol. The van der Waals surface area contributed by atoms with Crippen molar-refractivity contribution in [3.8, 4) is 0 Å². The molecule has 0 aromatic heterocycles. The molecule has 5 nitrogen and oxygen atoms in total. The monoisotopic (exact) mass is 239 g/mol. The minimum Gasteiger partial charge on any atom is -0.481 e. The van der Waals surface area contributed by atoms with E-state index in [4.69, 9.17) is 9.84 Å². The second-order valence-corrected chi connectivity index (χ2v) is 4.43. The van der Waals surface area contributed by atoms with Crippen molar-refractivity contribution in [2.24, 2.45) is 11.8 Å². The van der Waals surface area contributed by atoms with Crippen LogP contribution < -0.4 is 0 Å². The fourth-order valence-electron chi connectivity index (χ4n) is 2.38. The van der Waals surface area contributed by atoms with E-state index < -0.39 is 17.8 Å². The molecule has 2 rings (SSSR count). The van der Waals surface area contributed by atoms with Gasteiger partial charge in [-0.15, -0.1) is 0 Å². The number of ether oxygens (including phenoxy) is 1. The highest BCUT2D eigenvalue weighted by molar-refractivity contribution is 5.85. The molecule has 0 aromatic rings. The third-order valence-electron chi connectivity index (χ3n) is 3.39. The van der Waals surface area contributed by atoms with Crippen LogP contribution in [0.15, 0.2) is 12.2 Å². The van der Waals surface area contributed by atoms with Crippen molar-refractivity contribution < 1.29 is 19.4 Å². The van der Waals surface area contributed by atoms with E-state index in [9.17, 15) is 9.59 Å². The number of allylic oxidation sites excluding steroid dienone is 2. The molecule has 1 amide bonds. The van der Waals surface area contributed by atoms with Gasteiger partial charge in [-0.2, -0.15) is 0 Å². The van der Waals surface area contributed by atoms with Gasteiger partial charge in [0, 0.05) is 13.1 Å². The van der Waals surface area contributed by atoms with Gasteiger partial charge in [-0.05, 0) is 12.8 Å². The van der Waals surface area contributed by atoms with Gasteiger partial charge in [-0.3, -0.25) is 9.59 Å². The molecule has 0 saturated carbocycles. The minimum absolute atomic E-state index is 0.0370. The zero-order valence-corrected chi connectivity index (χ0v) is 9.67. The minimum atomic E-state index is -0.874. The van der Waals surface area contributed by atoms with Crippen LogP contribution in [0.1, 0.15) is 12.8 Å². The first-order valence-corrected chi connectivity index (χ1v) is 5.94. The van der Waals surface area contributed by atoms with Crippen LogP contribution in [-0.2, 0) is 14.3 Å². The number of hydrogen-bond acceptors (Lipinski definition) is 3. The zero-order valence-electron chi connectivity index (χ0n) is 9.67. The van der Waals surface area contributed by atoms with Crippen LogP contribution >= 0.6 is 0 Å². The largest absolute Gasteiger partial charge is 0.481 e. The summed E-state index contributed by atoms with van der Waals surface area (Å²) in [4.78, 5) is 25.1. The number of nitrogens with zero attached hydrogens (tertiary/aromatic N) is 1. The Morgan fingerprint density at radius 3 is 2.29 bits per heavy atom. The first kappa shape index (κ1) is 12.1. The Bertz CT molecular complexity index is 333. The number of carbonyl (C=O) groups excluding carboxylic acids is 1. The highest BCUT2D eigenvalue weighted by Crippen LogP contribution is 2.27. The molecule has 2 aliphatic rings. The summed E-state index contributed by atoms with van der Waals surface area (Å²) in [7, 11) is 0. The maximum atomic E-state index is 12.2. The predicted octanol–water partition coefficient (Wildman–Crippen LogP) is 0.512. The zero-order chi connectivity index (χ0) is 12.3. The molecule has 1 fully saturated rings. The first-order chi connectivity index (χ1) is 8.20. The van der Waals surface area contributed by atoms with Crippen LogP contribution in [0.5, 0.6) is 0 Å². The van der Waals surface area contributed by atoms with Crippen LogP contribution in [0.3, 0.4) is 0 Å². The van der Waals surface area contributed by atoms with Crippen molar-refractivity contribution in [2.45, 2.75) is 12.8 Å². The summed E-state index contributed by atoms with van der Waals surface area (Å²) in [5.74, 6) is -1.89. The van der Waals surface area contributed by atoms with Crippen LogP contribution in [0.25, 0.3) is 0 Å². The molecule has 0 radical (unpaired) electrons. The number of carboxylic acids is 1. The van der Waals surface area contributed by atoms with E-state index in [1.54, 1.807) is 4.90 Å². The molecular weight excluding hydrogens is 222 g/mol. The summed E-state index contributed by atoms with van der Waals surface area (Å²) in [5.41, 5.74) is 0. The maximum Gasteiger partial charge on any atom is 0.307 e. The Kier molecular flexibility index (Phi) is 3.78. The number of hydrogen-bond donors (Lipinski definition) is 1. The summed E-state index contributed by atoms with van der Waals surface area (Å²) in [6.45, 7) is 2.24. The standard InChI is InChI=1S/C12H17NO4/c14-11(13-5-7-17-8-6-13)9-3-1-2-4-10(9)12(15)16/h1-2,9-10H,3-8H2,(H,15,16)/t9-,10+/m1/s1. The number of carbonyl (C=O) groups is 2. The molecule has 0 unspecified atom stereocenters. The second-order valence-electron chi connectivity index (χ2n) is 4.43. The quantitative estimate of drug-likeness (QED) is 0.713. The van der Waals surface area contributed by atoms with Crippen LogP contribution in [0.4, 0.5) is 0 Å². The molecule has 94 valence electrons. The number of rotatable bonds is 2. The number of aliphatic carboxylic acids is 1. The van der Waals surface area contributed by atoms with Crippen molar-refractivity contribution in [3.63, 3.8) is 0 Å². The van der Waals surface area contributed by atoms with Gasteiger partial charge in [0.25, 0.3) is 0 Å². The molecule has 1 aliphatic heterocycles. The van der Waals surface area contributed by atoms with Gasteiger partial charge in [-0.1, -0.05) is 12.2 Å². The average molecular weight is 239 g/mol. The van der Waals surface area contributed by atoms with Crippen molar-refractivity contribution >= 4 is 11.9 Å². The van der Waals surface area contributed by atoms with Gasteiger partial charge in [0.15, 0.2) is 0 Å². The van der Waals surface area contributed by atoms with Gasteiger partial charge < -0.3 is 14.7 Å². The normalized spacial score (nSPS) is 29.1. The lowest BCUT2D eigenvalue weighted by molar-refractivity contribution is -0.152. The molecule has 2 atom stereocenters. The summed E-state index contributed by atoms with van der Waals surface area (Å²) < 4.78 is 5.19. The lowest BCUT2D eigenvalue weighted by Gasteiger charge is -2.33. The van der Waals surface area contributed by atoms with Gasteiger partial charge in [0.05, 0.1) is 25.0 Å². The lowest BCUT2D eigenvalue weighted by Crippen LogP contribution is -2.46.